The van der Waals surface area contributed by atoms with Crippen LogP contribution >= 0.6 is 0 Å². The van der Waals surface area contributed by atoms with Crippen LogP contribution in [0.4, 0.5) is 0 Å². The standard InChI is InChI=1S/C24H29N3O2/c28-23(21-8-6-20(7-9-21)19-4-2-1-3-5-19)10-11-24(29)27-15-12-22(18-27)26-16-13-25-14-17-26/h1-9,22,25H,10-18H2. The maximum atomic E-state index is 12.6. The molecule has 4 rings (SSSR count). The zero-order valence-electron chi connectivity index (χ0n) is 16.8. The van der Waals surface area contributed by atoms with Gasteiger partial charge in [0.15, 0.2) is 5.78 Å². The molecule has 5 heteroatoms. The van der Waals surface area contributed by atoms with Crippen molar-refractivity contribution < 1.29 is 9.59 Å². The van der Waals surface area contributed by atoms with Crippen molar-refractivity contribution in [2.45, 2.75) is 25.3 Å². The lowest BCUT2D eigenvalue weighted by atomic mass is 10.0. The Morgan fingerprint density at radius 3 is 2.28 bits per heavy atom. The van der Waals surface area contributed by atoms with Crippen LogP contribution in [0.15, 0.2) is 54.6 Å². The molecule has 2 saturated heterocycles. The molecule has 1 atom stereocenters. The number of benzene rings is 2. The van der Waals surface area contributed by atoms with Crippen molar-refractivity contribution in [3.8, 4) is 11.1 Å². The summed E-state index contributed by atoms with van der Waals surface area (Å²) < 4.78 is 0. The van der Waals surface area contributed by atoms with E-state index in [0.29, 0.717) is 18.0 Å². The molecule has 1 unspecified atom stereocenters. The van der Waals surface area contributed by atoms with Crippen molar-refractivity contribution >= 4 is 11.7 Å². The number of hydrogen-bond acceptors (Lipinski definition) is 4. The van der Waals surface area contributed by atoms with E-state index in [-0.39, 0.29) is 18.1 Å². The summed E-state index contributed by atoms with van der Waals surface area (Å²) in [6, 6.07) is 18.3. The molecule has 29 heavy (non-hydrogen) atoms. The normalized spacial score (nSPS) is 20.0. The van der Waals surface area contributed by atoms with Gasteiger partial charge in [0.25, 0.3) is 0 Å². The average Bonchev–Trinajstić information content (AvgIpc) is 3.29. The molecule has 152 valence electrons. The predicted molar refractivity (Wildman–Crippen MR) is 115 cm³/mol. The highest BCUT2D eigenvalue weighted by Gasteiger charge is 2.30. The largest absolute Gasteiger partial charge is 0.341 e. The van der Waals surface area contributed by atoms with Gasteiger partial charge in [0.05, 0.1) is 0 Å². The highest BCUT2D eigenvalue weighted by Crippen LogP contribution is 2.21. The van der Waals surface area contributed by atoms with Gasteiger partial charge >= 0.3 is 0 Å². The van der Waals surface area contributed by atoms with Gasteiger partial charge in [-0.2, -0.15) is 0 Å². The number of nitrogens with zero attached hydrogens (tertiary/aromatic N) is 2. The molecule has 2 heterocycles. The second-order valence-corrected chi connectivity index (χ2v) is 7.93. The number of ketones is 1. The van der Waals surface area contributed by atoms with E-state index in [1.807, 2.05) is 47.4 Å². The highest BCUT2D eigenvalue weighted by molar-refractivity contribution is 5.98. The first-order valence-corrected chi connectivity index (χ1v) is 10.6. The lowest BCUT2D eigenvalue weighted by molar-refractivity contribution is -0.130. The fraction of sp³-hybridized carbons (Fsp3) is 0.417. The van der Waals surface area contributed by atoms with Crippen molar-refractivity contribution in [1.29, 1.82) is 0 Å². The van der Waals surface area contributed by atoms with Gasteiger partial charge in [-0.25, -0.2) is 0 Å². The third-order valence-corrected chi connectivity index (χ3v) is 6.06. The van der Waals surface area contributed by atoms with Gasteiger partial charge in [-0.05, 0) is 17.5 Å². The van der Waals surface area contributed by atoms with Crippen LogP contribution in [0.2, 0.25) is 0 Å². The van der Waals surface area contributed by atoms with Crippen LogP contribution in [0.5, 0.6) is 0 Å². The molecule has 0 saturated carbocycles. The van der Waals surface area contributed by atoms with Crippen LogP contribution in [0.3, 0.4) is 0 Å². The Morgan fingerprint density at radius 1 is 0.862 bits per heavy atom. The number of piperazine rings is 1. The second kappa shape index (κ2) is 9.33. The van der Waals surface area contributed by atoms with Gasteiger partial charge in [-0.3, -0.25) is 14.5 Å². The fourth-order valence-electron chi connectivity index (χ4n) is 4.32. The third-order valence-electron chi connectivity index (χ3n) is 6.06. The Balaban J connectivity index is 1.26. The van der Waals surface area contributed by atoms with Gasteiger partial charge in [0.2, 0.25) is 5.91 Å². The maximum absolute atomic E-state index is 12.6. The van der Waals surface area contributed by atoms with E-state index in [9.17, 15) is 9.59 Å². The van der Waals surface area contributed by atoms with Crippen molar-refractivity contribution in [3.05, 3.63) is 60.2 Å². The van der Waals surface area contributed by atoms with E-state index in [4.69, 9.17) is 0 Å². The number of carbonyl (C=O) groups is 2. The first kappa shape index (κ1) is 19.8. The lowest BCUT2D eigenvalue weighted by Crippen LogP contribution is -2.49. The molecule has 2 aromatic rings. The van der Waals surface area contributed by atoms with Crippen LogP contribution < -0.4 is 5.32 Å². The minimum atomic E-state index is 0.0378. The molecule has 0 bridgehead atoms. The van der Waals surface area contributed by atoms with Crippen LogP contribution in [-0.2, 0) is 4.79 Å². The van der Waals surface area contributed by atoms with Crippen molar-refractivity contribution in [2.75, 3.05) is 39.3 Å². The SMILES string of the molecule is O=C(CCC(=O)N1CCC(N2CCNCC2)C1)c1ccc(-c2ccccc2)cc1. The summed E-state index contributed by atoms with van der Waals surface area (Å²) in [5, 5.41) is 3.37. The molecule has 1 amide bonds. The van der Waals surface area contributed by atoms with E-state index in [1.165, 1.54) is 0 Å². The molecule has 2 fully saturated rings. The number of likely N-dealkylation sites (tertiary alicyclic amines) is 1. The van der Waals surface area contributed by atoms with Gasteiger partial charge in [0, 0.05) is 63.7 Å². The minimum absolute atomic E-state index is 0.0378. The summed E-state index contributed by atoms with van der Waals surface area (Å²) in [4.78, 5) is 29.6. The number of hydrogen-bond donors (Lipinski definition) is 1. The summed E-state index contributed by atoms with van der Waals surface area (Å²) >= 11 is 0. The Hall–Kier alpha value is -2.50. The summed E-state index contributed by atoms with van der Waals surface area (Å²) in [6.07, 6.45) is 1.62. The van der Waals surface area contributed by atoms with Crippen LogP contribution in [0.1, 0.15) is 29.6 Å². The quantitative estimate of drug-likeness (QED) is 0.770. The molecule has 0 radical (unpaired) electrons. The Kier molecular flexibility index (Phi) is 6.37. The molecule has 0 aliphatic carbocycles. The maximum Gasteiger partial charge on any atom is 0.223 e. The predicted octanol–water partition coefficient (Wildman–Crippen LogP) is 2.82. The zero-order valence-corrected chi connectivity index (χ0v) is 16.8. The van der Waals surface area contributed by atoms with E-state index in [1.54, 1.807) is 0 Å². The first-order valence-electron chi connectivity index (χ1n) is 10.6. The summed E-state index contributed by atoms with van der Waals surface area (Å²) in [6.45, 7) is 5.80. The fourth-order valence-corrected chi connectivity index (χ4v) is 4.32. The zero-order chi connectivity index (χ0) is 20.1. The van der Waals surface area contributed by atoms with Crippen molar-refractivity contribution in [2.24, 2.45) is 0 Å². The molecule has 0 spiro atoms. The minimum Gasteiger partial charge on any atom is -0.341 e. The van der Waals surface area contributed by atoms with Gasteiger partial charge < -0.3 is 10.2 Å². The van der Waals surface area contributed by atoms with Gasteiger partial charge in [-0.1, -0.05) is 54.6 Å². The summed E-state index contributed by atoms with van der Waals surface area (Å²) in [7, 11) is 0. The molecule has 5 nitrogen and oxygen atoms in total. The summed E-state index contributed by atoms with van der Waals surface area (Å²) in [5.41, 5.74) is 2.90. The van der Waals surface area contributed by atoms with E-state index >= 15 is 0 Å². The molecular formula is C24H29N3O2. The highest BCUT2D eigenvalue weighted by atomic mass is 16.2. The Labute approximate surface area is 172 Å². The topological polar surface area (TPSA) is 52.7 Å². The summed E-state index contributed by atoms with van der Waals surface area (Å²) in [5.74, 6) is 0.146. The molecule has 0 aromatic heterocycles. The third kappa shape index (κ3) is 4.92. The monoisotopic (exact) mass is 391 g/mol. The molecular weight excluding hydrogens is 362 g/mol. The number of amides is 1. The van der Waals surface area contributed by atoms with E-state index in [2.05, 4.69) is 22.3 Å². The number of Topliss-reactive ketones (excluding diaryl/α,β-unsaturated/α-hetero) is 1. The molecule has 2 aliphatic heterocycles. The molecule has 2 aromatic carbocycles. The number of nitrogens with one attached hydrogen (secondary N) is 1. The smallest absolute Gasteiger partial charge is 0.223 e. The van der Waals surface area contributed by atoms with Crippen LogP contribution in [-0.4, -0.2) is 66.8 Å². The molecule has 2 aliphatic rings. The van der Waals surface area contributed by atoms with Crippen molar-refractivity contribution in [3.63, 3.8) is 0 Å². The van der Waals surface area contributed by atoms with Gasteiger partial charge in [0.1, 0.15) is 0 Å². The lowest BCUT2D eigenvalue weighted by Gasteiger charge is -2.32. The van der Waals surface area contributed by atoms with Crippen LogP contribution in [0.25, 0.3) is 11.1 Å². The average molecular weight is 392 g/mol. The second-order valence-electron chi connectivity index (χ2n) is 7.93. The number of carbonyl (C=O) groups excluding carboxylic acids is 2. The first-order chi connectivity index (χ1) is 14.2. The number of rotatable bonds is 6. The Bertz CT molecular complexity index is 829. The van der Waals surface area contributed by atoms with Gasteiger partial charge in [-0.15, -0.1) is 0 Å². The van der Waals surface area contributed by atoms with Crippen LogP contribution in [0, 0.1) is 0 Å². The Morgan fingerprint density at radius 2 is 1.55 bits per heavy atom. The van der Waals surface area contributed by atoms with Crippen molar-refractivity contribution in [1.82, 2.24) is 15.1 Å². The van der Waals surface area contributed by atoms with E-state index in [0.717, 1.165) is 56.8 Å². The molecule has 1 N–H and O–H groups in total. The van der Waals surface area contributed by atoms with E-state index < -0.39 is 0 Å².